The van der Waals surface area contributed by atoms with Crippen molar-refractivity contribution < 1.29 is 14.7 Å². The molecule has 96 valence electrons. The average molecular weight is 247 g/mol. The Morgan fingerprint density at radius 1 is 1.44 bits per heavy atom. The molecule has 1 aromatic carbocycles. The van der Waals surface area contributed by atoms with Gasteiger partial charge in [-0.25, -0.2) is 4.79 Å². The van der Waals surface area contributed by atoms with Crippen LogP contribution in [0.4, 0.5) is 0 Å². The average Bonchev–Trinajstić information content (AvgIpc) is 2.71. The van der Waals surface area contributed by atoms with Crippen LogP contribution in [0.1, 0.15) is 35.7 Å². The first-order valence-electron chi connectivity index (χ1n) is 6.20. The van der Waals surface area contributed by atoms with Crippen molar-refractivity contribution in [1.29, 1.82) is 0 Å². The van der Waals surface area contributed by atoms with Crippen LogP contribution >= 0.6 is 0 Å². The molecule has 1 saturated heterocycles. The van der Waals surface area contributed by atoms with Crippen LogP contribution in [0.5, 0.6) is 0 Å². The Balaban J connectivity index is 2.15. The highest BCUT2D eigenvalue weighted by molar-refractivity contribution is 5.89. The Labute approximate surface area is 106 Å². The molecule has 0 bridgehead atoms. The molecule has 0 saturated carbocycles. The van der Waals surface area contributed by atoms with E-state index in [0.717, 1.165) is 13.0 Å². The predicted octanol–water partition coefficient (Wildman–Crippen LogP) is 2.14. The fourth-order valence-electron chi connectivity index (χ4n) is 2.35. The Bertz CT molecular complexity index is 470. The van der Waals surface area contributed by atoms with Crippen LogP contribution in [0.15, 0.2) is 24.3 Å². The molecule has 0 aromatic heterocycles. The van der Waals surface area contributed by atoms with Crippen molar-refractivity contribution in [1.82, 2.24) is 4.90 Å². The molecule has 1 amide bonds. The number of carboxylic acids is 1. The van der Waals surface area contributed by atoms with Crippen LogP contribution in [-0.4, -0.2) is 28.4 Å². The number of carboxylic acid groups (broad SMARTS) is 1. The van der Waals surface area contributed by atoms with E-state index >= 15 is 0 Å². The zero-order valence-corrected chi connectivity index (χ0v) is 10.4. The largest absolute Gasteiger partial charge is 0.478 e. The van der Waals surface area contributed by atoms with Crippen molar-refractivity contribution in [2.24, 2.45) is 5.92 Å². The van der Waals surface area contributed by atoms with Crippen molar-refractivity contribution >= 4 is 11.9 Å². The molecule has 0 radical (unpaired) electrons. The molecule has 1 fully saturated rings. The molecule has 1 unspecified atom stereocenters. The van der Waals surface area contributed by atoms with E-state index in [-0.39, 0.29) is 11.5 Å². The number of amides is 1. The lowest BCUT2D eigenvalue weighted by atomic mass is 10.1. The number of carbonyl (C=O) groups excluding carboxylic acids is 1. The lowest BCUT2D eigenvalue weighted by Gasteiger charge is -2.17. The summed E-state index contributed by atoms with van der Waals surface area (Å²) in [4.78, 5) is 24.7. The monoisotopic (exact) mass is 247 g/mol. The maximum absolute atomic E-state index is 11.8. The molecule has 0 spiro atoms. The van der Waals surface area contributed by atoms with E-state index in [4.69, 9.17) is 5.11 Å². The molecule has 1 atom stereocenters. The molecule has 18 heavy (non-hydrogen) atoms. The number of hydrogen-bond donors (Lipinski definition) is 1. The third-order valence-corrected chi connectivity index (χ3v) is 3.48. The van der Waals surface area contributed by atoms with E-state index in [9.17, 15) is 9.59 Å². The van der Waals surface area contributed by atoms with Crippen LogP contribution in [0.2, 0.25) is 0 Å². The highest BCUT2D eigenvalue weighted by Crippen LogP contribution is 2.23. The van der Waals surface area contributed by atoms with Gasteiger partial charge in [-0.05, 0) is 17.5 Å². The summed E-state index contributed by atoms with van der Waals surface area (Å²) in [6.45, 7) is 3.22. The smallest absolute Gasteiger partial charge is 0.336 e. The first-order valence-corrected chi connectivity index (χ1v) is 6.20. The SMILES string of the molecule is CCC1CC(=O)N(Cc2ccccc2C(=O)O)C1. The standard InChI is InChI=1S/C14H17NO3/c1-2-10-7-13(16)15(8-10)9-11-5-3-4-6-12(11)14(17)18/h3-6,10H,2,7-9H2,1H3,(H,17,18). The molecule has 1 heterocycles. The van der Waals surface area contributed by atoms with Crippen molar-refractivity contribution in [3.63, 3.8) is 0 Å². The normalized spacial score (nSPS) is 19.3. The third kappa shape index (κ3) is 2.53. The predicted molar refractivity (Wildman–Crippen MR) is 67.2 cm³/mol. The lowest BCUT2D eigenvalue weighted by molar-refractivity contribution is -0.128. The molecule has 1 aliphatic rings. The first-order chi connectivity index (χ1) is 8.61. The number of aromatic carboxylic acids is 1. The number of rotatable bonds is 4. The highest BCUT2D eigenvalue weighted by Gasteiger charge is 2.28. The van der Waals surface area contributed by atoms with E-state index in [1.54, 1.807) is 29.2 Å². The van der Waals surface area contributed by atoms with Crippen LogP contribution in [0.25, 0.3) is 0 Å². The zero-order chi connectivity index (χ0) is 13.1. The second-order valence-electron chi connectivity index (χ2n) is 4.71. The van der Waals surface area contributed by atoms with E-state index in [1.165, 1.54) is 0 Å². The fourth-order valence-corrected chi connectivity index (χ4v) is 2.35. The summed E-state index contributed by atoms with van der Waals surface area (Å²) < 4.78 is 0. The zero-order valence-electron chi connectivity index (χ0n) is 10.4. The Morgan fingerprint density at radius 3 is 2.78 bits per heavy atom. The fraction of sp³-hybridized carbons (Fsp3) is 0.429. The van der Waals surface area contributed by atoms with Crippen LogP contribution < -0.4 is 0 Å². The van der Waals surface area contributed by atoms with Gasteiger partial charge in [0.1, 0.15) is 0 Å². The maximum Gasteiger partial charge on any atom is 0.336 e. The minimum absolute atomic E-state index is 0.127. The Hall–Kier alpha value is -1.84. The van der Waals surface area contributed by atoms with Crippen LogP contribution in [0.3, 0.4) is 0 Å². The minimum Gasteiger partial charge on any atom is -0.478 e. The van der Waals surface area contributed by atoms with Gasteiger partial charge in [-0.2, -0.15) is 0 Å². The second kappa shape index (κ2) is 5.21. The van der Waals surface area contributed by atoms with Crippen LogP contribution in [-0.2, 0) is 11.3 Å². The van der Waals surface area contributed by atoms with Gasteiger partial charge in [-0.1, -0.05) is 31.5 Å². The Morgan fingerprint density at radius 2 is 2.17 bits per heavy atom. The third-order valence-electron chi connectivity index (χ3n) is 3.48. The molecule has 1 N–H and O–H groups in total. The van der Waals surface area contributed by atoms with Gasteiger partial charge in [-0.3, -0.25) is 4.79 Å². The summed E-state index contributed by atoms with van der Waals surface area (Å²) in [7, 11) is 0. The van der Waals surface area contributed by atoms with E-state index < -0.39 is 5.97 Å². The molecule has 1 aromatic rings. The van der Waals surface area contributed by atoms with Crippen molar-refractivity contribution in [3.8, 4) is 0 Å². The molecule has 2 rings (SSSR count). The van der Waals surface area contributed by atoms with E-state index in [2.05, 4.69) is 6.92 Å². The number of likely N-dealkylation sites (tertiary alicyclic amines) is 1. The number of benzene rings is 1. The first kappa shape index (κ1) is 12.6. The van der Waals surface area contributed by atoms with Crippen LogP contribution in [0, 0.1) is 5.92 Å². The van der Waals surface area contributed by atoms with Crippen molar-refractivity contribution in [3.05, 3.63) is 35.4 Å². The van der Waals surface area contributed by atoms with Crippen molar-refractivity contribution in [2.45, 2.75) is 26.3 Å². The Kier molecular flexibility index (Phi) is 3.65. The maximum atomic E-state index is 11.8. The van der Waals surface area contributed by atoms with E-state index in [0.29, 0.717) is 24.4 Å². The molecular weight excluding hydrogens is 230 g/mol. The van der Waals surface area contributed by atoms with Gasteiger partial charge >= 0.3 is 5.97 Å². The van der Waals surface area contributed by atoms with Gasteiger partial charge in [0.25, 0.3) is 0 Å². The lowest BCUT2D eigenvalue weighted by Crippen LogP contribution is -2.25. The number of nitrogens with zero attached hydrogens (tertiary/aromatic N) is 1. The van der Waals surface area contributed by atoms with Gasteiger partial charge in [0.15, 0.2) is 0 Å². The van der Waals surface area contributed by atoms with Gasteiger partial charge < -0.3 is 10.0 Å². The van der Waals surface area contributed by atoms with E-state index in [1.807, 2.05) is 0 Å². The van der Waals surface area contributed by atoms with Gasteiger partial charge in [0, 0.05) is 19.5 Å². The summed E-state index contributed by atoms with van der Waals surface area (Å²) in [6, 6.07) is 6.86. The molecule has 1 aliphatic heterocycles. The summed E-state index contributed by atoms with van der Waals surface area (Å²) >= 11 is 0. The van der Waals surface area contributed by atoms with Gasteiger partial charge in [-0.15, -0.1) is 0 Å². The second-order valence-corrected chi connectivity index (χ2v) is 4.71. The minimum atomic E-state index is -0.940. The number of carbonyl (C=O) groups is 2. The number of hydrogen-bond acceptors (Lipinski definition) is 2. The molecule has 4 heteroatoms. The van der Waals surface area contributed by atoms with Gasteiger partial charge in [0.05, 0.1) is 5.56 Å². The summed E-state index contributed by atoms with van der Waals surface area (Å²) in [5, 5.41) is 9.10. The highest BCUT2D eigenvalue weighted by atomic mass is 16.4. The summed E-state index contributed by atoms with van der Waals surface area (Å²) in [6.07, 6.45) is 1.58. The topological polar surface area (TPSA) is 57.6 Å². The summed E-state index contributed by atoms with van der Waals surface area (Å²) in [5.74, 6) is -0.402. The molecular formula is C14H17NO3. The van der Waals surface area contributed by atoms with Gasteiger partial charge in [0.2, 0.25) is 5.91 Å². The summed E-state index contributed by atoms with van der Waals surface area (Å²) in [5.41, 5.74) is 0.986. The van der Waals surface area contributed by atoms with Crippen molar-refractivity contribution in [2.75, 3.05) is 6.54 Å². The molecule has 4 nitrogen and oxygen atoms in total. The quantitative estimate of drug-likeness (QED) is 0.886. The molecule has 0 aliphatic carbocycles.